The van der Waals surface area contributed by atoms with Crippen LogP contribution in [-0.4, -0.2) is 38.2 Å². The highest BCUT2D eigenvalue weighted by molar-refractivity contribution is 5.52. The molecule has 0 aliphatic carbocycles. The summed E-state index contributed by atoms with van der Waals surface area (Å²) in [6.45, 7) is 4.06. The van der Waals surface area contributed by atoms with E-state index < -0.39 is 0 Å². The van der Waals surface area contributed by atoms with Gasteiger partial charge in [-0.1, -0.05) is 12.1 Å². The molecule has 0 bridgehead atoms. The fourth-order valence-electron chi connectivity index (χ4n) is 2.83. The van der Waals surface area contributed by atoms with Gasteiger partial charge in [-0.25, -0.2) is 9.37 Å². The number of nitrogens with zero attached hydrogens (tertiary/aromatic N) is 3. The van der Waals surface area contributed by atoms with Crippen molar-refractivity contribution in [1.82, 2.24) is 10.3 Å². The average molecular weight is 300 g/mol. The zero-order valence-corrected chi connectivity index (χ0v) is 12.8. The van der Waals surface area contributed by atoms with E-state index >= 15 is 0 Å². The molecule has 1 aromatic carbocycles. The van der Waals surface area contributed by atoms with Crippen molar-refractivity contribution in [3.05, 3.63) is 54.0 Å². The van der Waals surface area contributed by atoms with E-state index in [0.717, 1.165) is 44.1 Å². The number of rotatable bonds is 4. The summed E-state index contributed by atoms with van der Waals surface area (Å²) >= 11 is 0. The van der Waals surface area contributed by atoms with Gasteiger partial charge in [-0.3, -0.25) is 0 Å². The number of pyridine rings is 1. The van der Waals surface area contributed by atoms with Gasteiger partial charge in [0.1, 0.15) is 11.6 Å². The van der Waals surface area contributed by atoms with Crippen molar-refractivity contribution in [3.8, 4) is 0 Å². The van der Waals surface area contributed by atoms with Crippen LogP contribution in [0, 0.1) is 5.82 Å². The molecule has 5 heteroatoms. The van der Waals surface area contributed by atoms with Crippen molar-refractivity contribution in [1.29, 1.82) is 0 Å². The second-order valence-corrected chi connectivity index (χ2v) is 5.48. The van der Waals surface area contributed by atoms with Crippen molar-refractivity contribution in [2.24, 2.45) is 0 Å². The Morgan fingerprint density at radius 3 is 2.55 bits per heavy atom. The first-order chi connectivity index (χ1) is 10.8. The predicted octanol–water partition coefficient (Wildman–Crippen LogP) is 2.27. The lowest BCUT2D eigenvalue weighted by Crippen LogP contribution is -2.47. The Hall–Kier alpha value is -2.14. The van der Waals surface area contributed by atoms with E-state index in [1.807, 2.05) is 43.6 Å². The van der Waals surface area contributed by atoms with Gasteiger partial charge >= 0.3 is 0 Å². The van der Waals surface area contributed by atoms with E-state index in [2.05, 4.69) is 20.1 Å². The number of piperazine rings is 1. The van der Waals surface area contributed by atoms with Gasteiger partial charge in [0, 0.05) is 38.9 Å². The molecule has 116 valence electrons. The molecule has 1 aliphatic rings. The van der Waals surface area contributed by atoms with E-state index in [0.29, 0.717) is 5.69 Å². The third-order valence-electron chi connectivity index (χ3n) is 3.99. The molecule has 0 spiro atoms. The first-order valence-corrected chi connectivity index (χ1v) is 7.62. The summed E-state index contributed by atoms with van der Waals surface area (Å²) in [6.07, 6.45) is 1.81. The lowest BCUT2D eigenvalue weighted by Gasteiger charge is -2.37. The minimum atomic E-state index is -0.147. The highest BCUT2D eigenvalue weighted by Crippen LogP contribution is 2.23. The Bertz CT molecular complexity index is 609. The number of aromatic nitrogens is 1. The van der Waals surface area contributed by atoms with Crippen molar-refractivity contribution in [2.45, 2.75) is 6.54 Å². The van der Waals surface area contributed by atoms with Crippen molar-refractivity contribution >= 4 is 11.5 Å². The molecule has 3 rings (SSSR count). The van der Waals surface area contributed by atoms with Gasteiger partial charge in [-0.05, 0) is 36.9 Å². The molecule has 1 fully saturated rings. The van der Waals surface area contributed by atoms with Crippen molar-refractivity contribution in [2.75, 3.05) is 43.0 Å². The second-order valence-electron chi connectivity index (χ2n) is 5.48. The monoisotopic (exact) mass is 300 g/mol. The minimum Gasteiger partial charge on any atom is -0.366 e. The number of halogens is 1. The largest absolute Gasteiger partial charge is 0.366 e. The standard InChI is InChI=1S/C17H21FN4/c1-19-13-14-5-6-15(18)16(12-14)21-8-10-22(11-9-21)17-4-2-3-7-20-17/h2-7,12,19H,8-11,13H2,1H3. The van der Waals surface area contributed by atoms with Crippen LogP contribution in [0.1, 0.15) is 5.56 Å². The van der Waals surface area contributed by atoms with E-state index in [-0.39, 0.29) is 5.82 Å². The molecule has 1 saturated heterocycles. The van der Waals surface area contributed by atoms with Gasteiger partial charge in [-0.2, -0.15) is 0 Å². The normalized spacial score (nSPS) is 15.2. The van der Waals surface area contributed by atoms with Crippen LogP contribution < -0.4 is 15.1 Å². The molecule has 1 N–H and O–H groups in total. The van der Waals surface area contributed by atoms with Gasteiger partial charge < -0.3 is 15.1 Å². The van der Waals surface area contributed by atoms with Crippen LogP contribution in [0.15, 0.2) is 42.6 Å². The smallest absolute Gasteiger partial charge is 0.146 e. The van der Waals surface area contributed by atoms with Crippen molar-refractivity contribution < 1.29 is 4.39 Å². The summed E-state index contributed by atoms with van der Waals surface area (Å²) in [5.41, 5.74) is 1.81. The van der Waals surface area contributed by atoms with Crippen LogP contribution in [0.2, 0.25) is 0 Å². The topological polar surface area (TPSA) is 31.4 Å². The second kappa shape index (κ2) is 6.75. The quantitative estimate of drug-likeness (QED) is 0.938. The van der Waals surface area contributed by atoms with E-state index in [9.17, 15) is 4.39 Å². The maximum absolute atomic E-state index is 14.1. The highest BCUT2D eigenvalue weighted by Gasteiger charge is 2.20. The zero-order chi connectivity index (χ0) is 15.4. The lowest BCUT2D eigenvalue weighted by molar-refractivity contribution is 0.595. The van der Waals surface area contributed by atoms with Gasteiger partial charge in [0.2, 0.25) is 0 Å². The Balaban J connectivity index is 1.70. The van der Waals surface area contributed by atoms with Crippen LogP contribution in [0.5, 0.6) is 0 Å². The van der Waals surface area contributed by atoms with Gasteiger partial charge in [0.25, 0.3) is 0 Å². The number of hydrogen-bond donors (Lipinski definition) is 1. The summed E-state index contributed by atoms with van der Waals surface area (Å²) < 4.78 is 14.1. The van der Waals surface area contributed by atoms with Gasteiger partial charge in [0.05, 0.1) is 5.69 Å². The molecule has 4 nitrogen and oxygen atoms in total. The summed E-state index contributed by atoms with van der Waals surface area (Å²) in [6, 6.07) is 11.3. The molecule has 1 aliphatic heterocycles. The molecular weight excluding hydrogens is 279 g/mol. The molecule has 0 atom stereocenters. The number of nitrogens with one attached hydrogen (secondary N) is 1. The fourth-order valence-corrected chi connectivity index (χ4v) is 2.83. The maximum Gasteiger partial charge on any atom is 0.146 e. The van der Waals surface area contributed by atoms with Gasteiger partial charge in [-0.15, -0.1) is 0 Å². The van der Waals surface area contributed by atoms with E-state index in [1.54, 1.807) is 6.07 Å². The van der Waals surface area contributed by atoms with E-state index in [1.165, 1.54) is 0 Å². The fraction of sp³-hybridized carbons (Fsp3) is 0.353. The Labute approximate surface area is 130 Å². The molecule has 0 radical (unpaired) electrons. The lowest BCUT2D eigenvalue weighted by atomic mass is 10.1. The summed E-state index contributed by atoms with van der Waals surface area (Å²) in [7, 11) is 1.90. The Kier molecular flexibility index (Phi) is 4.53. The molecule has 0 amide bonds. The maximum atomic E-state index is 14.1. The minimum absolute atomic E-state index is 0.147. The predicted molar refractivity (Wildman–Crippen MR) is 87.8 cm³/mol. The third kappa shape index (κ3) is 3.20. The zero-order valence-electron chi connectivity index (χ0n) is 12.8. The first kappa shape index (κ1) is 14.8. The Morgan fingerprint density at radius 1 is 1.09 bits per heavy atom. The number of anilines is 2. The summed E-state index contributed by atoms with van der Waals surface area (Å²) in [4.78, 5) is 8.74. The van der Waals surface area contributed by atoms with Crippen LogP contribution in [0.3, 0.4) is 0 Å². The average Bonchev–Trinajstić information content (AvgIpc) is 2.58. The molecule has 1 aromatic heterocycles. The number of benzene rings is 1. The molecule has 2 aromatic rings. The van der Waals surface area contributed by atoms with Crippen LogP contribution in [0.4, 0.5) is 15.9 Å². The first-order valence-electron chi connectivity index (χ1n) is 7.62. The van der Waals surface area contributed by atoms with Crippen molar-refractivity contribution in [3.63, 3.8) is 0 Å². The summed E-state index contributed by atoms with van der Waals surface area (Å²) in [5, 5.41) is 3.10. The van der Waals surface area contributed by atoms with Gasteiger partial charge in [0.15, 0.2) is 0 Å². The SMILES string of the molecule is CNCc1ccc(F)c(N2CCN(c3ccccn3)CC2)c1. The van der Waals surface area contributed by atoms with E-state index in [4.69, 9.17) is 0 Å². The molecule has 0 saturated carbocycles. The molecule has 0 unspecified atom stereocenters. The highest BCUT2D eigenvalue weighted by atomic mass is 19.1. The molecular formula is C17H21FN4. The van der Waals surface area contributed by atoms with Crippen LogP contribution in [-0.2, 0) is 6.54 Å². The number of hydrogen-bond acceptors (Lipinski definition) is 4. The third-order valence-corrected chi connectivity index (χ3v) is 3.99. The molecule has 2 heterocycles. The Morgan fingerprint density at radius 2 is 1.86 bits per heavy atom. The van der Waals surface area contributed by atoms with Crippen LogP contribution in [0.25, 0.3) is 0 Å². The summed E-state index contributed by atoms with van der Waals surface area (Å²) in [5.74, 6) is 0.845. The molecule has 22 heavy (non-hydrogen) atoms. The van der Waals surface area contributed by atoms with Crippen LogP contribution >= 0.6 is 0 Å².